The summed E-state index contributed by atoms with van der Waals surface area (Å²) in [5, 5.41) is 8.61. The lowest BCUT2D eigenvalue weighted by Crippen LogP contribution is -2.29. The van der Waals surface area contributed by atoms with Crippen molar-refractivity contribution in [2.45, 2.75) is 17.7 Å². The van der Waals surface area contributed by atoms with Crippen LogP contribution in [0.5, 0.6) is 0 Å². The highest BCUT2D eigenvalue weighted by Crippen LogP contribution is 2.13. The molecule has 0 unspecified atom stereocenters. The number of carboxylic acids is 1. The van der Waals surface area contributed by atoms with Crippen molar-refractivity contribution in [2.75, 3.05) is 33.9 Å². The second-order valence-electron chi connectivity index (χ2n) is 5.14. The van der Waals surface area contributed by atoms with Gasteiger partial charge in [0.05, 0.1) is 11.5 Å². The predicted octanol–water partition coefficient (Wildman–Crippen LogP) is 0.548. The Balaban J connectivity index is 2.80. The molecule has 2 N–H and O–H groups in total. The lowest BCUT2D eigenvalue weighted by Gasteiger charge is -2.17. The third kappa shape index (κ3) is 6.26. The highest BCUT2D eigenvalue weighted by atomic mass is 32.2. The standard InChI is InChI=1S/C15H22N2O6S/c1-17(9-4-7-14(18)19)15(20)12-5-3-6-13(11-12)24(21,22)16-8-10-23-2/h3,5-6,11,16H,4,7-10H2,1-2H3,(H,18,19). The number of benzene rings is 1. The van der Waals surface area contributed by atoms with Gasteiger partial charge in [-0.15, -0.1) is 0 Å². The number of ether oxygens (including phenoxy) is 1. The van der Waals surface area contributed by atoms with Crippen LogP contribution in [0, 0.1) is 0 Å². The Hall–Kier alpha value is -1.97. The van der Waals surface area contributed by atoms with E-state index in [0.29, 0.717) is 6.42 Å². The van der Waals surface area contributed by atoms with Crippen LogP contribution in [-0.4, -0.2) is 64.2 Å². The first-order chi connectivity index (χ1) is 11.3. The first-order valence-corrected chi connectivity index (χ1v) is 8.82. The Morgan fingerprint density at radius 3 is 2.67 bits per heavy atom. The van der Waals surface area contributed by atoms with Crippen LogP contribution in [0.1, 0.15) is 23.2 Å². The van der Waals surface area contributed by atoms with Crippen molar-refractivity contribution in [3.05, 3.63) is 29.8 Å². The summed E-state index contributed by atoms with van der Waals surface area (Å²) >= 11 is 0. The van der Waals surface area contributed by atoms with E-state index in [4.69, 9.17) is 9.84 Å². The number of nitrogens with zero attached hydrogens (tertiary/aromatic N) is 1. The summed E-state index contributed by atoms with van der Waals surface area (Å²) in [6.07, 6.45) is 0.295. The van der Waals surface area contributed by atoms with Gasteiger partial charge in [0.1, 0.15) is 0 Å². The zero-order chi connectivity index (χ0) is 18.2. The van der Waals surface area contributed by atoms with Crippen molar-refractivity contribution in [1.29, 1.82) is 0 Å². The van der Waals surface area contributed by atoms with Crippen LogP contribution < -0.4 is 4.72 Å². The van der Waals surface area contributed by atoms with Crippen LogP contribution in [0.4, 0.5) is 0 Å². The van der Waals surface area contributed by atoms with Gasteiger partial charge in [0.15, 0.2) is 0 Å². The normalized spacial score (nSPS) is 11.2. The number of rotatable bonds is 10. The predicted molar refractivity (Wildman–Crippen MR) is 87.3 cm³/mol. The average Bonchev–Trinajstić information content (AvgIpc) is 2.54. The van der Waals surface area contributed by atoms with Crippen molar-refractivity contribution in [2.24, 2.45) is 0 Å². The lowest BCUT2D eigenvalue weighted by molar-refractivity contribution is -0.137. The first kappa shape index (κ1) is 20.1. The summed E-state index contributed by atoms with van der Waals surface area (Å²) < 4.78 is 31.5. The number of carbonyl (C=O) groups excluding carboxylic acids is 1. The summed E-state index contributed by atoms with van der Waals surface area (Å²) in [6, 6.07) is 5.70. The summed E-state index contributed by atoms with van der Waals surface area (Å²) in [5.41, 5.74) is 0.224. The van der Waals surface area contributed by atoms with Crippen molar-refractivity contribution in [3.8, 4) is 0 Å². The summed E-state index contributed by atoms with van der Waals surface area (Å²) in [7, 11) is -0.711. The largest absolute Gasteiger partial charge is 0.481 e. The third-order valence-electron chi connectivity index (χ3n) is 3.22. The number of aliphatic carboxylic acids is 1. The minimum absolute atomic E-state index is 0.0108. The number of carbonyl (C=O) groups is 2. The van der Waals surface area contributed by atoms with E-state index in [1.165, 1.54) is 36.3 Å². The molecule has 0 spiro atoms. The van der Waals surface area contributed by atoms with Gasteiger partial charge in [0.25, 0.3) is 5.91 Å². The number of hydrogen-bond acceptors (Lipinski definition) is 5. The van der Waals surface area contributed by atoms with E-state index in [0.717, 1.165) is 0 Å². The second-order valence-corrected chi connectivity index (χ2v) is 6.91. The van der Waals surface area contributed by atoms with Crippen molar-refractivity contribution >= 4 is 21.9 Å². The van der Waals surface area contributed by atoms with Gasteiger partial charge < -0.3 is 14.7 Å². The molecule has 0 radical (unpaired) electrons. The maximum atomic E-state index is 12.3. The topological polar surface area (TPSA) is 113 Å². The van der Waals surface area contributed by atoms with Crippen molar-refractivity contribution in [1.82, 2.24) is 9.62 Å². The number of sulfonamides is 1. The molecule has 0 aliphatic carbocycles. The molecule has 0 fully saturated rings. The van der Waals surface area contributed by atoms with Gasteiger partial charge in [-0.2, -0.15) is 0 Å². The molecule has 0 aliphatic heterocycles. The molecule has 1 aromatic carbocycles. The van der Waals surface area contributed by atoms with Gasteiger partial charge in [-0.05, 0) is 24.6 Å². The maximum Gasteiger partial charge on any atom is 0.303 e. The van der Waals surface area contributed by atoms with Gasteiger partial charge in [-0.25, -0.2) is 13.1 Å². The number of amides is 1. The molecule has 0 heterocycles. The molecule has 0 saturated heterocycles. The molecule has 1 amide bonds. The van der Waals surface area contributed by atoms with E-state index in [1.54, 1.807) is 7.05 Å². The molecule has 134 valence electrons. The molecule has 1 aromatic rings. The molecule has 9 heteroatoms. The molecule has 0 atom stereocenters. The number of methoxy groups -OCH3 is 1. The Morgan fingerprint density at radius 2 is 2.04 bits per heavy atom. The Morgan fingerprint density at radius 1 is 1.33 bits per heavy atom. The van der Waals surface area contributed by atoms with Gasteiger partial charge in [0.2, 0.25) is 10.0 Å². The molecule has 0 aliphatic rings. The lowest BCUT2D eigenvalue weighted by atomic mass is 10.2. The maximum absolute atomic E-state index is 12.3. The van der Waals surface area contributed by atoms with E-state index in [9.17, 15) is 18.0 Å². The van der Waals surface area contributed by atoms with Crippen LogP contribution in [0.2, 0.25) is 0 Å². The highest BCUT2D eigenvalue weighted by Gasteiger charge is 2.17. The number of hydrogen-bond donors (Lipinski definition) is 2. The molecular weight excluding hydrogens is 336 g/mol. The zero-order valence-electron chi connectivity index (χ0n) is 13.7. The van der Waals surface area contributed by atoms with E-state index in [1.807, 2.05) is 0 Å². The molecular formula is C15H22N2O6S. The third-order valence-corrected chi connectivity index (χ3v) is 4.68. The van der Waals surface area contributed by atoms with Gasteiger partial charge >= 0.3 is 5.97 Å². The summed E-state index contributed by atoms with van der Waals surface area (Å²) in [4.78, 5) is 24.2. The summed E-state index contributed by atoms with van der Waals surface area (Å²) in [6.45, 7) is 0.643. The molecule has 8 nitrogen and oxygen atoms in total. The summed E-state index contributed by atoms with van der Waals surface area (Å²) in [5.74, 6) is -1.29. The van der Waals surface area contributed by atoms with Crippen LogP contribution >= 0.6 is 0 Å². The van der Waals surface area contributed by atoms with Gasteiger partial charge in [-0.3, -0.25) is 9.59 Å². The van der Waals surface area contributed by atoms with Crippen molar-refractivity contribution < 1.29 is 27.9 Å². The number of carboxylic acid groups (broad SMARTS) is 1. The van der Waals surface area contributed by atoms with Gasteiger partial charge in [0, 0.05) is 39.2 Å². The van der Waals surface area contributed by atoms with Crippen LogP contribution in [-0.2, 0) is 19.6 Å². The zero-order valence-corrected chi connectivity index (χ0v) is 14.5. The SMILES string of the molecule is COCCNS(=O)(=O)c1cccc(C(=O)N(C)CCCC(=O)O)c1. The van der Waals surface area contributed by atoms with E-state index >= 15 is 0 Å². The average molecular weight is 358 g/mol. The minimum atomic E-state index is -3.72. The molecule has 24 heavy (non-hydrogen) atoms. The Labute approximate surface area is 141 Å². The molecule has 1 rings (SSSR count). The fourth-order valence-corrected chi connectivity index (χ4v) is 3.01. The first-order valence-electron chi connectivity index (χ1n) is 7.34. The van der Waals surface area contributed by atoms with Crippen molar-refractivity contribution in [3.63, 3.8) is 0 Å². The van der Waals surface area contributed by atoms with E-state index in [2.05, 4.69) is 4.72 Å². The Kier molecular flexibility index (Phi) is 7.83. The molecule has 0 saturated carbocycles. The highest BCUT2D eigenvalue weighted by molar-refractivity contribution is 7.89. The smallest absolute Gasteiger partial charge is 0.303 e. The fraction of sp³-hybridized carbons (Fsp3) is 0.467. The minimum Gasteiger partial charge on any atom is -0.481 e. The second kappa shape index (κ2) is 9.36. The van der Waals surface area contributed by atoms with Crippen LogP contribution in [0.25, 0.3) is 0 Å². The van der Waals surface area contributed by atoms with Gasteiger partial charge in [-0.1, -0.05) is 6.07 Å². The monoisotopic (exact) mass is 358 g/mol. The van der Waals surface area contributed by atoms with E-state index < -0.39 is 16.0 Å². The quantitative estimate of drug-likeness (QED) is 0.591. The molecule has 0 aromatic heterocycles. The van der Waals surface area contributed by atoms with Crippen LogP contribution in [0.3, 0.4) is 0 Å². The van der Waals surface area contributed by atoms with E-state index in [-0.39, 0.29) is 42.5 Å². The van der Waals surface area contributed by atoms with Crippen LogP contribution in [0.15, 0.2) is 29.2 Å². The Bertz CT molecular complexity index is 674. The molecule has 0 bridgehead atoms. The number of nitrogens with one attached hydrogen (secondary N) is 1. The fourth-order valence-electron chi connectivity index (χ4n) is 1.95.